The van der Waals surface area contributed by atoms with Gasteiger partial charge in [-0.25, -0.2) is 8.78 Å². The van der Waals surface area contributed by atoms with Gasteiger partial charge >= 0.3 is 12.1 Å². The molecule has 0 amide bonds. The van der Waals surface area contributed by atoms with Gasteiger partial charge in [-0.15, -0.1) is 22.0 Å². The third-order valence-corrected chi connectivity index (χ3v) is 5.94. The van der Waals surface area contributed by atoms with Crippen molar-refractivity contribution in [2.75, 3.05) is 12.9 Å². The lowest BCUT2D eigenvalue weighted by Crippen LogP contribution is -2.18. The Labute approximate surface area is 179 Å². The van der Waals surface area contributed by atoms with Crippen LogP contribution < -0.4 is 0 Å². The molecule has 0 aliphatic rings. The fourth-order valence-electron chi connectivity index (χ4n) is 2.54. The topological polar surface area (TPSA) is 69.9 Å². The lowest BCUT2D eigenvalue weighted by Gasteiger charge is -2.09. The van der Waals surface area contributed by atoms with Crippen LogP contribution in [0, 0.1) is 0 Å². The minimum Gasteiger partial charge on any atom is -0.469 e. The number of carbonyl (C=O) groups is 1. The Bertz CT molecular complexity index is 1070. The molecule has 0 saturated carbocycles. The number of nitrogens with zero attached hydrogens (tertiary/aromatic N) is 4. The number of hydrogen-bond acceptors (Lipinski definition) is 7. The molecule has 0 aliphatic carbocycles. The number of fused-ring (bicyclic) bond motifs is 1. The van der Waals surface area contributed by atoms with Crippen LogP contribution in [0.25, 0.3) is 21.6 Å². The average Bonchev–Trinajstić information content (AvgIpc) is 3.25. The van der Waals surface area contributed by atoms with Gasteiger partial charge in [-0.05, 0) is 12.1 Å². The highest BCUT2D eigenvalue weighted by molar-refractivity contribution is 7.99. The molecule has 14 heteroatoms. The van der Waals surface area contributed by atoms with E-state index in [2.05, 4.69) is 20.0 Å². The van der Waals surface area contributed by atoms with Gasteiger partial charge in [0.15, 0.2) is 10.0 Å². The number of methoxy groups -OCH3 is 1. The van der Waals surface area contributed by atoms with E-state index in [9.17, 15) is 26.7 Å². The zero-order chi connectivity index (χ0) is 22.1. The molecule has 0 saturated heterocycles. The number of rotatable bonds is 7. The number of aromatic nitrogens is 4. The summed E-state index contributed by atoms with van der Waals surface area (Å²) in [4.78, 5) is 11.8. The van der Waals surface area contributed by atoms with E-state index < -0.39 is 30.1 Å². The molecule has 0 atom stereocenters. The molecule has 3 rings (SSSR count). The van der Waals surface area contributed by atoms with Crippen LogP contribution in [-0.2, 0) is 16.1 Å². The third-order valence-electron chi connectivity index (χ3n) is 3.73. The number of benzene rings is 1. The van der Waals surface area contributed by atoms with E-state index in [1.165, 1.54) is 31.0 Å². The third kappa shape index (κ3) is 5.19. The van der Waals surface area contributed by atoms with Crippen molar-refractivity contribution in [1.82, 2.24) is 20.0 Å². The maximum atomic E-state index is 13.0. The smallest absolute Gasteiger partial charge is 0.408 e. The van der Waals surface area contributed by atoms with Crippen LogP contribution in [0.1, 0.15) is 17.9 Å². The van der Waals surface area contributed by atoms with Crippen LogP contribution in [0.4, 0.5) is 22.0 Å². The van der Waals surface area contributed by atoms with Crippen molar-refractivity contribution in [3.63, 3.8) is 0 Å². The molecule has 0 fully saturated rings. The lowest BCUT2D eigenvalue weighted by atomic mass is 10.2. The summed E-state index contributed by atoms with van der Waals surface area (Å²) in [6.45, 7) is -1.42. The summed E-state index contributed by atoms with van der Waals surface area (Å²) >= 11 is 8.00. The summed E-state index contributed by atoms with van der Waals surface area (Å²) in [6.07, 6.45) is -7.33. The first kappa shape index (κ1) is 22.7. The molecule has 2 aromatic heterocycles. The Hall–Kier alpha value is -1.99. The van der Waals surface area contributed by atoms with Crippen LogP contribution in [0.2, 0.25) is 5.02 Å². The molecular weight excluding hydrogens is 475 g/mol. The van der Waals surface area contributed by atoms with Crippen molar-refractivity contribution in [2.45, 2.75) is 30.5 Å². The summed E-state index contributed by atoms with van der Waals surface area (Å²) < 4.78 is 70.0. The first-order valence-corrected chi connectivity index (χ1v) is 10.4. The van der Waals surface area contributed by atoms with Gasteiger partial charge in [0.05, 0.1) is 24.1 Å². The van der Waals surface area contributed by atoms with Gasteiger partial charge in [0.2, 0.25) is 0 Å². The number of carbonyl (C=O) groups excluding carboxylic acids is 1. The van der Waals surface area contributed by atoms with Crippen LogP contribution >= 0.6 is 34.7 Å². The number of hydrogen-bond donors (Lipinski definition) is 0. The number of esters is 1. The first-order chi connectivity index (χ1) is 14.1. The summed E-state index contributed by atoms with van der Waals surface area (Å²) in [7, 11) is 1.26. The molecule has 0 N–H and O–H groups in total. The summed E-state index contributed by atoms with van der Waals surface area (Å²) in [6, 6.07) is 2.98. The standard InChI is InChI=1S/C16H12ClF5N4O2S2/c1-28-10(27)2-3-29-7-4-8-11(14-23-24-15(30-14)13(18)19)25-26(6-16(20,21)22)12(8)9(17)5-7/h4-5,13H,2-3,6H2,1H3. The minimum atomic E-state index is -4.58. The Morgan fingerprint density at radius 2 is 2.07 bits per heavy atom. The van der Waals surface area contributed by atoms with Gasteiger partial charge in [-0.2, -0.15) is 18.3 Å². The highest BCUT2D eigenvalue weighted by atomic mass is 35.5. The zero-order valence-corrected chi connectivity index (χ0v) is 17.4. The van der Waals surface area contributed by atoms with E-state index >= 15 is 0 Å². The summed E-state index contributed by atoms with van der Waals surface area (Å²) in [5, 5.41) is 10.5. The largest absolute Gasteiger partial charge is 0.469 e. The second-order valence-electron chi connectivity index (χ2n) is 5.84. The number of halogens is 6. The van der Waals surface area contributed by atoms with Crippen molar-refractivity contribution in [2.24, 2.45) is 0 Å². The van der Waals surface area contributed by atoms with E-state index in [0.29, 0.717) is 26.7 Å². The van der Waals surface area contributed by atoms with Gasteiger partial charge in [0, 0.05) is 16.0 Å². The molecule has 0 aliphatic heterocycles. The zero-order valence-electron chi connectivity index (χ0n) is 15.0. The second kappa shape index (κ2) is 9.02. The maximum Gasteiger partial charge on any atom is 0.408 e. The quantitative estimate of drug-likeness (QED) is 0.254. The van der Waals surface area contributed by atoms with Crippen LogP contribution in [0.5, 0.6) is 0 Å². The Balaban J connectivity index is 2.07. The fourth-order valence-corrected chi connectivity index (χ4v) is 4.53. The fraction of sp³-hybridized carbons (Fsp3) is 0.375. The predicted octanol–water partition coefficient (Wildman–Crippen LogP) is 5.36. The molecule has 0 unspecified atom stereocenters. The normalized spacial score (nSPS) is 12.1. The minimum absolute atomic E-state index is 0.00453. The highest BCUT2D eigenvalue weighted by Crippen LogP contribution is 2.39. The molecule has 0 bridgehead atoms. The lowest BCUT2D eigenvalue weighted by molar-refractivity contribution is -0.142. The van der Waals surface area contributed by atoms with Crippen molar-refractivity contribution in [3.05, 3.63) is 22.2 Å². The van der Waals surface area contributed by atoms with Gasteiger partial charge < -0.3 is 4.74 Å². The van der Waals surface area contributed by atoms with Crippen molar-refractivity contribution in [3.8, 4) is 10.7 Å². The molecule has 0 radical (unpaired) electrons. The maximum absolute atomic E-state index is 13.0. The second-order valence-corrected chi connectivity index (χ2v) is 8.43. The molecule has 30 heavy (non-hydrogen) atoms. The van der Waals surface area contributed by atoms with E-state index in [1.54, 1.807) is 0 Å². The van der Waals surface area contributed by atoms with Gasteiger partial charge in [-0.3, -0.25) is 9.48 Å². The van der Waals surface area contributed by atoms with Crippen LogP contribution in [-0.4, -0.2) is 45.0 Å². The van der Waals surface area contributed by atoms with Crippen LogP contribution in [0.15, 0.2) is 17.0 Å². The van der Waals surface area contributed by atoms with Crippen LogP contribution in [0.3, 0.4) is 0 Å². The summed E-state index contributed by atoms with van der Waals surface area (Å²) in [5.74, 6) is -0.0729. The number of alkyl halides is 5. The van der Waals surface area contributed by atoms with Crippen molar-refractivity contribution < 1.29 is 31.5 Å². The van der Waals surface area contributed by atoms with Crippen molar-refractivity contribution >= 4 is 51.6 Å². The first-order valence-electron chi connectivity index (χ1n) is 8.17. The average molecular weight is 487 g/mol. The van der Waals surface area contributed by atoms with E-state index in [-0.39, 0.29) is 33.0 Å². The number of ether oxygens (including phenoxy) is 1. The van der Waals surface area contributed by atoms with E-state index in [1.807, 2.05) is 0 Å². The van der Waals surface area contributed by atoms with E-state index in [4.69, 9.17) is 11.6 Å². The molecular formula is C16H12ClF5N4O2S2. The van der Waals surface area contributed by atoms with Crippen molar-refractivity contribution in [1.29, 1.82) is 0 Å². The van der Waals surface area contributed by atoms with Gasteiger partial charge in [0.1, 0.15) is 12.2 Å². The SMILES string of the molecule is COC(=O)CCSc1cc(Cl)c2c(c1)c(-c1nnc(C(F)F)s1)nn2CC(F)(F)F. The molecule has 6 nitrogen and oxygen atoms in total. The summed E-state index contributed by atoms with van der Waals surface area (Å²) in [5.41, 5.74) is -0.0360. The Morgan fingerprint density at radius 1 is 1.33 bits per heavy atom. The monoisotopic (exact) mass is 486 g/mol. The predicted molar refractivity (Wildman–Crippen MR) is 102 cm³/mol. The highest BCUT2D eigenvalue weighted by Gasteiger charge is 2.31. The van der Waals surface area contributed by atoms with Gasteiger partial charge in [0.25, 0.3) is 6.43 Å². The molecule has 1 aromatic carbocycles. The number of thioether (sulfide) groups is 1. The van der Waals surface area contributed by atoms with Gasteiger partial charge in [-0.1, -0.05) is 22.9 Å². The molecule has 0 spiro atoms. The molecule has 2 heterocycles. The van der Waals surface area contributed by atoms with E-state index in [0.717, 1.165) is 0 Å². The Morgan fingerprint density at radius 3 is 2.67 bits per heavy atom. The molecule has 3 aromatic rings. The molecule has 162 valence electrons. The Kier molecular flexibility index (Phi) is 6.82.